The molecule has 0 aliphatic rings. The molecule has 0 aliphatic carbocycles. The highest BCUT2D eigenvalue weighted by atomic mass is 16.1. The molecule has 0 aliphatic heterocycles. The van der Waals surface area contributed by atoms with Gasteiger partial charge in [-0.15, -0.1) is 0 Å². The molecule has 0 radical (unpaired) electrons. The Morgan fingerprint density at radius 3 is 1.76 bits per heavy atom. The van der Waals surface area contributed by atoms with Crippen molar-refractivity contribution in [2.75, 3.05) is 0 Å². The molecule has 0 heterocycles. The van der Waals surface area contributed by atoms with Gasteiger partial charge in [-0.2, -0.15) is 0 Å². The first-order chi connectivity index (χ1) is 8.41. The minimum atomic E-state index is 0.848. The van der Waals surface area contributed by atoms with Gasteiger partial charge in [-0.05, 0) is 44.6 Å². The summed E-state index contributed by atoms with van der Waals surface area (Å²) in [5.41, 5.74) is 0. The van der Waals surface area contributed by atoms with Crippen LogP contribution >= 0.6 is 0 Å². The molecule has 0 unspecified atom stereocenters. The molecule has 1 heteroatoms. The highest BCUT2D eigenvalue weighted by Gasteiger charge is 1.87. The summed E-state index contributed by atoms with van der Waals surface area (Å²) in [5.74, 6) is 0. The van der Waals surface area contributed by atoms with E-state index in [4.69, 9.17) is 0 Å². The van der Waals surface area contributed by atoms with E-state index in [9.17, 15) is 4.79 Å². The molecule has 0 rings (SSSR count). The zero-order valence-electron chi connectivity index (χ0n) is 11.4. The molecule has 1 nitrogen and oxygen atoms in total. The van der Waals surface area contributed by atoms with Gasteiger partial charge in [-0.3, -0.25) is 4.79 Å². The SMILES string of the molecule is CCCCCC/C=C\CCCCC/C=C/C=O. The summed E-state index contributed by atoms with van der Waals surface area (Å²) in [6, 6.07) is 0. The minimum Gasteiger partial charge on any atom is -0.299 e. The van der Waals surface area contributed by atoms with Crippen LogP contribution in [-0.4, -0.2) is 6.29 Å². The molecule has 0 saturated carbocycles. The lowest BCUT2D eigenvalue weighted by atomic mass is 10.1. The molecule has 0 saturated heterocycles. The smallest absolute Gasteiger partial charge is 0.142 e. The fourth-order valence-electron chi connectivity index (χ4n) is 1.78. The number of hydrogen-bond acceptors (Lipinski definition) is 1. The van der Waals surface area contributed by atoms with E-state index >= 15 is 0 Å². The van der Waals surface area contributed by atoms with Gasteiger partial charge >= 0.3 is 0 Å². The van der Waals surface area contributed by atoms with E-state index in [1.807, 2.05) is 6.08 Å². The molecular formula is C16H28O. The van der Waals surface area contributed by atoms with Crippen molar-refractivity contribution >= 4 is 6.29 Å². The van der Waals surface area contributed by atoms with Crippen LogP contribution in [0.2, 0.25) is 0 Å². The number of hydrogen-bond donors (Lipinski definition) is 0. The molecule has 0 aromatic heterocycles. The van der Waals surface area contributed by atoms with Crippen LogP contribution in [0.25, 0.3) is 0 Å². The van der Waals surface area contributed by atoms with Crippen LogP contribution in [-0.2, 0) is 4.79 Å². The number of carbonyl (C=O) groups excluding carboxylic acids is 1. The fraction of sp³-hybridized carbons (Fsp3) is 0.688. The summed E-state index contributed by atoms with van der Waals surface area (Å²) in [5, 5.41) is 0. The van der Waals surface area contributed by atoms with Crippen molar-refractivity contribution in [1.82, 2.24) is 0 Å². The average molecular weight is 236 g/mol. The first-order valence-corrected chi connectivity index (χ1v) is 7.17. The second kappa shape index (κ2) is 15.1. The fourth-order valence-corrected chi connectivity index (χ4v) is 1.78. The van der Waals surface area contributed by atoms with Gasteiger partial charge in [-0.25, -0.2) is 0 Å². The molecule has 0 atom stereocenters. The van der Waals surface area contributed by atoms with Crippen LogP contribution in [0.4, 0.5) is 0 Å². The number of rotatable bonds is 12. The van der Waals surface area contributed by atoms with E-state index in [-0.39, 0.29) is 0 Å². The molecule has 17 heavy (non-hydrogen) atoms. The molecule has 0 fully saturated rings. The lowest BCUT2D eigenvalue weighted by Gasteiger charge is -1.96. The normalized spacial score (nSPS) is 11.6. The summed E-state index contributed by atoms with van der Waals surface area (Å²) in [7, 11) is 0. The maximum Gasteiger partial charge on any atom is 0.142 e. The lowest BCUT2D eigenvalue weighted by Crippen LogP contribution is -1.76. The summed E-state index contributed by atoms with van der Waals surface area (Å²) in [6.45, 7) is 2.25. The first kappa shape index (κ1) is 16.1. The highest BCUT2D eigenvalue weighted by molar-refractivity contribution is 5.64. The average Bonchev–Trinajstić information content (AvgIpc) is 2.35. The maximum absolute atomic E-state index is 10.0. The summed E-state index contributed by atoms with van der Waals surface area (Å²) in [4.78, 5) is 10.0. The Hall–Kier alpha value is -0.850. The van der Waals surface area contributed by atoms with Crippen molar-refractivity contribution in [2.45, 2.75) is 71.1 Å². The van der Waals surface area contributed by atoms with E-state index in [0.29, 0.717) is 0 Å². The van der Waals surface area contributed by atoms with Crippen LogP contribution < -0.4 is 0 Å². The van der Waals surface area contributed by atoms with E-state index in [0.717, 1.165) is 12.7 Å². The second-order valence-electron chi connectivity index (χ2n) is 4.52. The molecule has 98 valence electrons. The topological polar surface area (TPSA) is 17.1 Å². The molecule has 0 aromatic rings. The van der Waals surface area contributed by atoms with E-state index in [1.165, 1.54) is 57.8 Å². The highest BCUT2D eigenvalue weighted by Crippen LogP contribution is 2.06. The van der Waals surface area contributed by atoms with Crippen LogP contribution in [0, 0.1) is 0 Å². The first-order valence-electron chi connectivity index (χ1n) is 7.17. The Morgan fingerprint density at radius 2 is 1.24 bits per heavy atom. The standard InChI is InChI=1S/C16H28O/c1-2-3-4-5-6-7-8-9-10-11-12-13-14-15-16-17/h7-8,14-16H,2-6,9-13H2,1H3/b8-7-,15-14+. The maximum atomic E-state index is 10.0. The third-order valence-corrected chi connectivity index (χ3v) is 2.85. The quantitative estimate of drug-likeness (QED) is 0.196. The van der Waals surface area contributed by atoms with Gasteiger partial charge in [0.25, 0.3) is 0 Å². The van der Waals surface area contributed by atoms with Crippen LogP contribution in [0.3, 0.4) is 0 Å². The van der Waals surface area contributed by atoms with Gasteiger partial charge in [0.1, 0.15) is 6.29 Å². The summed E-state index contributed by atoms with van der Waals surface area (Å²) < 4.78 is 0. The van der Waals surface area contributed by atoms with E-state index < -0.39 is 0 Å². The Balaban J connectivity index is 3.08. The van der Waals surface area contributed by atoms with Crippen LogP contribution in [0.15, 0.2) is 24.3 Å². The number of aldehydes is 1. The monoisotopic (exact) mass is 236 g/mol. The molecule has 0 aromatic carbocycles. The number of allylic oxidation sites excluding steroid dienone is 4. The molecular weight excluding hydrogens is 208 g/mol. The number of carbonyl (C=O) groups is 1. The molecule has 0 amide bonds. The summed E-state index contributed by atoms with van der Waals surface area (Å²) in [6.07, 6.45) is 21.7. The van der Waals surface area contributed by atoms with Crippen molar-refractivity contribution < 1.29 is 4.79 Å². The zero-order chi connectivity index (χ0) is 12.6. The largest absolute Gasteiger partial charge is 0.299 e. The van der Waals surface area contributed by atoms with Gasteiger partial charge < -0.3 is 0 Å². The van der Waals surface area contributed by atoms with E-state index in [1.54, 1.807) is 6.08 Å². The summed E-state index contributed by atoms with van der Waals surface area (Å²) >= 11 is 0. The van der Waals surface area contributed by atoms with Crippen LogP contribution in [0.5, 0.6) is 0 Å². The predicted octanol–water partition coefficient (Wildman–Crippen LogP) is 5.22. The minimum absolute atomic E-state index is 0.848. The van der Waals surface area contributed by atoms with Gasteiger partial charge in [0.15, 0.2) is 0 Å². The van der Waals surface area contributed by atoms with Crippen molar-refractivity contribution in [3.63, 3.8) is 0 Å². The van der Waals surface area contributed by atoms with Crippen molar-refractivity contribution in [3.05, 3.63) is 24.3 Å². The van der Waals surface area contributed by atoms with Gasteiger partial charge in [0.05, 0.1) is 0 Å². The predicted molar refractivity (Wildman–Crippen MR) is 76.2 cm³/mol. The van der Waals surface area contributed by atoms with Crippen molar-refractivity contribution in [2.24, 2.45) is 0 Å². The van der Waals surface area contributed by atoms with Gasteiger partial charge in [0, 0.05) is 0 Å². The number of unbranched alkanes of at least 4 members (excludes halogenated alkanes) is 8. The molecule has 0 N–H and O–H groups in total. The third kappa shape index (κ3) is 15.1. The van der Waals surface area contributed by atoms with Crippen molar-refractivity contribution in [3.8, 4) is 0 Å². The van der Waals surface area contributed by atoms with Crippen molar-refractivity contribution in [1.29, 1.82) is 0 Å². The second-order valence-corrected chi connectivity index (χ2v) is 4.52. The van der Waals surface area contributed by atoms with Gasteiger partial charge in [0.2, 0.25) is 0 Å². The Labute approximate surface area is 107 Å². The van der Waals surface area contributed by atoms with Crippen LogP contribution in [0.1, 0.15) is 71.1 Å². The third-order valence-electron chi connectivity index (χ3n) is 2.85. The Kier molecular flexibility index (Phi) is 14.4. The molecule has 0 spiro atoms. The molecule has 0 bridgehead atoms. The van der Waals surface area contributed by atoms with Gasteiger partial charge in [-0.1, -0.05) is 50.8 Å². The zero-order valence-corrected chi connectivity index (χ0v) is 11.4. The lowest BCUT2D eigenvalue weighted by molar-refractivity contribution is -0.104. The Morgan fingerprint density at radius 1 is 0.706 bits per heavy atom. The van der Waals surface area contributed by atoms with E-state index in [2.05, 4.69) is 19.1 Å². The Bertz CT molecular complexity index is 204.